The predicted octanol–water partition coefficient (Wildman–Crippen LogP) is 4.96. The lowest BCUT2D eigenvalue weighted by atomic mass is 10.1. The average Bonchev–Trinajstić information content (AvgIpc) is 2.45. The minimum absolute atomic E-state index is 0.231. The molecule has 0 saturated heterocycles. The number of ether oxygens (including phenoxy) is 1. The minimum atomic E-state index is 0.231. The van der Waals surface area contributed by atoms with Gasteiger partial charge in [0.2, 0.25) is 0 Å². The molecule has 4 heteroatoms. The quantitative estimate of drug-likeness (QED) is 0.819. The Labute approximate surface area is 133 Å². The second-order valence-electron chi connectivity index (χ2n) is 4.58. The van der Waals surface area contributed by atoms with Crippen LogP contribution in [0, 0.1) is 0 Å². The van der Waals surface area contributed by atoms with E-state index in [0.29, 0.717) is 6.54 Å². The standard InChI is InChI=1S/C16H17BrClNO/c1-11(14-5-3-4-6-15(14)17)19-10-12-9-13(18)7-8-16(12)20-2/h3-9,11,19H,10H2,1-2H3/t11-/m0/s1. The molecule has 20 heavy (non-hydrogen) atoms. The lowest BCUT2D eigenvalue weighted by molar-refractivity contribution is 0.406. The normalized spacial score (nSPS) is 12.2. The molecule has 2 aromatic carbocycles. The van der Waals surface area contributed by atoms with Gasteiger partial charge in [0, 0.05) is 27.6 Å². The SMILES string of the molecule is COc1ccc(Cl)cc1CN[C@@H](C)c1ccccc1Br. The van der Waals surface area contributed by atoms with Crippen LogP contribution in [0.1, 0.15) is 24.1 Å². The van der Waals surface area contributed by atoms with Gasteiger partial charge in [0.15, 0.2) is 0 Å². The number of benzene rings is 2. The highest BCUT2D eigenvalue weighted by Crippen LogP contribution is 2.25. The average molecular weight is 355 g/mol. The monoisotopic (exact) mass is 353 g/mol. The van der Waals surface area contributed by atoms with Gasteiger partial charge in [-0.25, -0.2) is 0 Å². The molecule has 1 atom stereocenters. The Bertz CT molecular complexity index is 588. The third kappa shape index (κ3) is 3.75. The van der Waals surface area contributed by atoms with E-state index in [9.17, 15) is 0 Å². The van der Waals surface area contributed by atoms with Crippen molar-refractivity contribution < 1.29 is 4.74 Å². The van der Waals surface area contributed by atoms with Crippen LogP contribution in [0.3, 0.4) is 0 Å². The van der Waals surface area contributed by atoms with E-state index in [0.717, 1.165) is 20.8 Å². The summed E-state index contributed by atoms with van der Waals surface area (Å²) in [4.78, 5) is 0. The Morgan fingerprint density at radius 2 is 2.00 bits per heavy atom. The number of hydrogen-bond acceptors (Lipinski definition) is 2. The Morgan fingerprint density at radius 3 is 2.70 bits per heavy atom. The molecule has 0 aliphatic carbocycles. The van der Waals surface area contributed by atoms with Gasteiger partial charge >= 0.3 is 0 Å². The smallest absolute Gasteiger partial charge is 0.123 e. The van der Waals surface area contributed by atoms with E-state index in [1.54, 1.807) is 7.11 Å². The Balaban J connectivity index is 2.09. The molecule has 0 heterocycles. The van der Waals surface area contributed by atoms with Crippen molar-refractivity contribution in [3.05, 3.63) is 63.1 Å². The van der Waals surface area contributed by atoms with Gasteiger partial charge in [0.1, 0.15) is 5.75 Å². The Morgan fingerprint density at radius 1 is 1.25 bits per heavy atom. The predicted molar refractivity (Wildman–Crippen MR) is 87.4 cm³/mol. The molecule has 2 nitrogen and oxygen atoms in total. The number of halogens is 2. The van der Waals surface area contributed by atoms with Crippen molar-refractivity contribution in [1.29, 1.82) is 0 Å². The largest absolute Gasteiger partial charge is 0.496 e. The van der Waals surface area contributed by atoms with Gasteiger partial charge < -0.3 is 10.1 Å². The first kappa shape index (κ1) is 15.4. The number of rotatable bonds is 5. The molecule has 0 saturated carbocycles. The molecular formula is C16H17BrClNO. The van der Waals surface area contributed by atoms with Gasteiger partial charge in [-0.15, -0.1) is 0 Å². The first-order chi connectivity index (χ1) is 9.61. The lowest BCUT2D eigenvalue weighted by Crippen LogP contribution is -2.18. The fourth-order valence-electron chi connectivity index (χ4n) is 2.08. The summed E-state index contributed by atoms with van der Waals surface area (Å²) in [6, 6.07) is 14.1. The lowest BCUT2D eigenvalue weighted by Gasteiger charge is -2.17. The van der Waals surface area contributed by atoms with Crippen LogP contribution >= 0.6 is 27.5 Å². The first-order valence-corrected chi connectivity index (χ1v) is 7.59. The molecule has 1 N–H and O–H groups in total. The molecule has 0 radical (unpaired) electrons. The zero-order valence-corrected chi connectivity index (χ0v) is 13.8. The number of methoxy groups -OCH3 is 1. The summed E-state index contributed by atoms with van der Waals surface area (Å²) < 4.78 is 6.46. The van der Waals surface area contributed by atoms with Crippen molar-refractivity contribution in [3.63, 3.8) is 0 Å². The number of hydrogen-bond donors (Lipinski definition) is 1. The topological polar surface area (TPSA) is 21.3 Å². The Hall–Kier alpha value is -1.03. The molecule has 106 valence electrons. The molecule has 0 aliphatic rings. The summed E-state index contributed by atoms with van der Waals surface area (Å²) in [5.41, 5.74) is 2.28. The maximum Gasteiger partial charge on any atom is 0.123 e. The highest BCUT2D eigenvalue weighted by Gasteiger charge is 2.10. The second-order valence-corrected chi connectivity index (χ2v) is 5.87. The Kier molecular flexibility index (Phi) is 5.46. The van der Waals surface area contributed by atoms with Crippen molar-refractivity contribution in [2.45, 2.75) is 19.5 Å². The highest BCUT2D eigenvalue weighted by molar-refractivity contribution is 9.10. The summed E-state index contributed by atoms with van der Waals surface area (Å²) in [5.74, 6) is 0.848. The van der Waals surface area contributed by atoms with E-state index in [1.165, 1.54) is 5.56 Å². The van der Waals surface area contributed by atoms with Crippen molar-refractivity contribution in [2.75, 3.05) is 7.11 Å². The fraction of sp³-hybridized carbons (Fsp3) is 0.250. The summed E-state index contributed by atoms with van der Waals surface area (Å²) >= 11 is 9.62. The molecule has 0 amide bonds. The van der Waals surface area contributed by atoms with Crippen LogP contribution in [0.15, 0.2) is 46.9 Å². The summed E-state index contributed by atoms with van der Waals surface area (Å²) in [6.45, 7) is 2.84. The molecule has 0 fully saturated rings. The maximum absolute atomic E-state index is 6.04. The van der Waals surface area contributed by atoms with Crippen LogP contribution in [-0.4, -0.2) is 7.11 Å². The minimum Gasteiger partial charge on any atom is -0.496 e. The van der Waals surface area contributed by atoms with Crippen LogP contribution in [0.5, 0.6) is 5.75 Å². The number of nitrogens with one attached hydrogen (secondary N) is 1. The molecule has 0 aliphatic heterocycles. The van der Waals surface area contributed by atoms with E-state index in [-0.39, 0.29) is 6.04 Å². The molecule has 2 aromatic rings. The van der Waals surface area contributed by atoms with Crippen LogP contribution < -0.4 is 10.1 Å². The fourth-order valence-corrected chi connectivity index (χ4v) is 2.91. The van der Waals surface area contributed by atoms with Gasteiger partial charge in [-0.1, -0.05) is 45.7 Å². The van der Waals surface area contributed by atoms with Crippen LogP contribution in [0.25, 0.3) is 0 Å². The van der Waals surface area contributed by atoms with Crippen molar-refractivity contribution in [2.24, 2.45) is 0 Å². The van der Waals surface area contributed by atoms with Crippen LogP contribution in [-0.2, 0) is 6.54 Å². The summed E-state index contributed by atoms with van der Waals surface area (Å²) in [7, 11) is 1.67. The summed E-state index contributed by atoms with van der Waals surface area (Å²) in [6.07, 6.45) is 0. The van der Waals surface area contributed by atoms with E-state index in [2.05, 4.69) is 34.2 Å². The van der Waals surface area contributed by atoms with Gasteiger partial charge in [-0.05, 0) is 36.8 Å². The first-order valence-electron chi connectivity index (χ1n) is 6.42. The molecule has 0 spiro atoms. The van der Waals surface area contributed by atoms with Crippen LogP contribution in [0.4, 0.5) is 0 Å². The van der Waals surface area contributed by atoms with Gasteiger partial charge in [0.05, 0.1) is 7.11 Å². The highest BCUT2D eigenvalue weighted by atomic mass is 79.9. The maximum atomic E-state index is 6.04. The van der Waals surface area contributed by atoms with E-state index in [4.69, 9.17) is 16.3 Å². The zero-order chi connectivity index (χ0) is 14.5. The van der Waals surface area contributed by atoms with Crippen molar-refractivity contribution in [3.8, 4) is 5.75 Å². The van der Waals surface area contributed by atoms with Gasteiger partial charge in [0.25, 0.3) is 0 Å². The zero-order valence-electron chi connectivity index (χ0n) is 11.5. The molecule has 0 aromatic heterocycles. The molecule has 2 rings (SSSR count). The van der Waals surface area contributed by atoms with E-state index < -0.39 is 0 Å². The third-order valence-electron chi connectivity index (χ3n) is 3.21. The van der Waals surface area contributed by atoms with Crippen molar-refractivity contribution in [1.82, 2.24) is 5.32 Å². The molecule has 0 unspecified atom stereocenters. The molecular weight excluding hydrogens is 338 g/mol. The second kappa shape index (κ2) is 7.11. The third-order valence-corrected chi connectivity index (χ3v) is 4.17. The van der Waals surface area contributed by atoms with E-state index >= 15 is 0 Å². The van der Waals surface area contributed by atoms with Crippen LogP contribution in [0.2, 0.25) is 5.02 Å². The summed E-state index contributed by atoms with van der Waals surface area (Å²) in [5, 5.41) is 4.21. The van der Waals surface area contributed by atoms with E-state index in [1.807, 2.05) is 36.4 Å². The van der Waals surface area contributed by atoms with Crippen molar-refractivity contribution >= 4 is 27.5 Å². The van der Waals surface area contributed by atoms with Gasteiger partial charge in [-0.2, -0.15) is 0 Å². The van der Waals surface area contributed by atoms with Gasteiger partial charge in [-0.3, -0.25) is 0 Å². The molecule has 0 bridgehead atoms.